The van der Waals surface area contributed by atoms with Gasteiger partial charge in [0.2, 0.25) is 5.82 Å². The molecule has 2 aromatic rings. The van der Waals surface area contributed by atoms with Crippen molar-refractivity contribution in [2.75, 3.05) is 31.1 Å². The van der Waals surface area contributed by atoms with E-state index in [2.05, 4.69) is 32.2 Å². The molecule has 9 heteroatoms. The molecule has 0 N–H and O–H groups in total. The number of thiazole rings is 1. The Hall–Kier alpha value is -2.00. The molecule has 0 aromatic carbocycles. The van der Waals surface area contributed by atoms with Gasteiger partial charge in [-0.25, -0.2) is 9.67 Å². The van der Waals surface area contributed by atoms with Crippen LogP contribution in [-0.2, 0) is 26.4 Å². The first-order valence-corrected chi connectivity index (χ1v) is 9.52. The first-order valence-electron chi connectivity index (χ1n) is 8.64. The number of anilines is 1. The van der Waals surface area contributed by atoms with Crippen molar-refractivity contribution in [1.82, 2.24) is 19.7 Å². The van der Waals surface area contributed by atoms with Crippen molar-refractivity contribution >= 4 is 22.8 Å². The van der Waals surface area contributed by atoms with E-state index in [1.807, 2.05) is 6.92 Å². The second-order valence-corrected chi connectivity index (χ2v) is 7.15. The number of hydrogen-bond donors (Lipinski definition) is 0. The van der Waals surface area contributed by atoms with E-state index in [0.29, 0.717) is 17.9 Å². The van der Waals surface area contributed by atoms with Gasteiger partial charge in [0.15, 0.2) is 0 Å². The van der Waals surface area contributed by atoms with Crippen LogP contribution in [0.4, 0.5) is 11.5 Å². The minimum atomic E-state index is -0.297. The molecular formula is C16H24N6O2S. The van der Waals surface area contributed by atoms with Gasteiger partial charge in [0, 0.05) is 45.2 Å². The molecule has 136 valence electrons. The molecule has 0 unspecified atom stereocenters. The van der Waals surface area contributed by atoms with E-state index in [9.17, 15) is 10.1 Å². The fraction of sp³-hybridized carbons (Fsp3) is 0.625. The van der Waals surface area contributed by atoms with Gasteiger partial charge in [-0.2, -0.15) is 5.10 Å². The van der Waals surface area contributed by atoms with Crippen LogP contribution in [0.25, 0.3) is 0 Å². The van der Waals surface area contributed by atoms with Crippen LogP contribution in [0.5, 0.6) is 0 Å². The van der Waals surface area contributed by atoms with E-state index in [1.54, 1.807) is 23.1 Å². The number of nitrogens with zero attached hydrogens (tertiary/aromatic N) is 6. The lowest BCUT2D eigenvalue weighted by Crippen LogP contribution is -2.46. The van der Waals surface area contributed by atoms with Gasteiger partial charge < -0.3 is 4.90 Å². The Kier molecular flexibility index (Phi) is 5.33. The number of aryl methyl sites for hydroxylation is 3. The third-order valence-electron chi connectivity index (χ3n) is 4.54. The largest absolute Gasteiger partial charge is 0.349 e. The molecule has 1 aliphatic rings. The number of hydrogen-bond acceptors (Lipinski definition) is 7. The molecule has 0 aliphatic carbocycles. The molecule has 0 radical (unpaired) electrons. The summed E-state index contributed by atoms with van der Waals surface area (Å²) in [7, 11) is 1.79. The summed E-state index contributed by atoms with van der Waals surface area (Å²) in [5.74, 6) is 0.628. The normalized spacial score (nSPS) is 15.7. The number of piperazine rings is 1. The average Bonchev–Trinajstić information content (AvgIpc) is 3.19. The van der Waals surface area contributed by atoms with Gasteiger partial charge in [-0.3, -0.25) is 15.0 Å². The molecule has 8 nitrogen and oxygen atoms in total. The van der Waals surface area contributed by atoms with E-state index < -0.39 is 0 Å². The summed E-state index contributed by atoms with van der Waals surface area (Å²) in [5, 5.41) is 19.1. The van der Waals surface area contributed by atoms with Crippen LogP contribution in [0.3, 0.4) is 0 Å². The molecule has 0 atom stereocenters. The lowest BCUT2D eigenvalue weighted by molar-refractivity contribution is -0.384. The summed E-state index contributed by atoms with van der Waals surface area (Å²) in [6, 6.07) is 0. The van der Waals surface area contributed by atoms with Crippen LogP contribution in [-0.4, -0.2) is 50.8 Å². The van der Waals surface area contributed by atoms with Crippen LogP contribution >= 0.6 is 11.3 Å². The zero-order valence-electron chi connectivity index (χ0n) is 14.9. The van der Waals surface area contributed by atoms with Crippen molar-refractivity contribution in [3.8, 4) is 0 Å². The second-order valence-electron chi connectivity index (χ2n) is 6.20. The van der Waals surface area contributed by atoms with Gasteiger partial charge in [0.1, 0.15) is 5.69 Å². The molecule has 0 amide bonds. The van der Waals surface area contributed by atoms with Gasteiger partial charge in [-0.1, -0.05) is 13.8 Å². The predicted octanol–water partition coefficient (Wildman–Crippen LogP) is 2.23. The van der Waals surface area contributed by atoms with E-state index in [4.69, 9.17) is 0 Å². The molecular weight excluding hydrogens is 340 g/mol. The summed E-state index contributed by atoms with van der Waals surface area (Å²) in [5.41, 5.74) is 1.83. The average molecular weight is 364 g/mol. The molecule has 25 heavy (non-hydrogen) atoms. The summed E-state index contributed by atoms with van der Waals surface area (Å²) in [6.07, 6.45) is 1.54. The Balaban J connectivity index is 1.68. The number of aromatic nitrogens is 3. The predicted molar refractivity (Wildman–Crippen MR) is 98.2 cm³/mol. The number of rotatable bonds is 6. The third kappa shape index (κ3) is 3.67. The first kappa shape index (κ1) is 17.8. The summed E-state index contributed by atoms with van der Waals surface area (Å²) in [4.78, 5) is 20.3. The minimum absolute atomic E-state index is 0.158. The molecule has 3 rings (SSSR count). The monoisotopic (exact) mass is 364 g/mol. The lowest BCUT2D eigenvalue weighted by Gasteiger charge is -2.34. The second kappa shape index (κ2) is 7.49. The quantitative estimate of drug-likeness (QED) is 0.578. The van der Waals surface area contributed by atoms with Crippen LogP contribution in [0.1, 0.15) is 30.2 Å². The van der Waals surface area contributed by atoms with Crippen molar-refractivity contribution < 1.29 is 4.92 Å². The minimum Gasteiger partial charge on any atom is -0.349 e. The highest BCUT2D eigenvalue weighted by atomic mass is 32.1. The summed E-state index contributed by atoms with van der Waals surface area (Å²) < 4.78 is 1.65. The zero-order chi connectivity index (χ0) is 18.0. The lowest BCUT2D eigenvalue weighted by atomic mass is 10.2. The van der Waals surface area contributed by atoms with Gasteiger partial charge in [0.25, 0.3) is 0 Å². The zero-order valence-corrected chi connectivity index (χ0v) is 15.8. The smallest absolute Gasteiger partial charge is 0.334 e. The van der Waals surface area contributed by atoms with Crippen LogP contribution in [0.2, 0.25) is 0 Å². The Labute approximate surface area is 151 Å². The van der Waals surface area contributed by atoms with Gasteiger partial charge in [0.05, 0.1) is 15.6 Å². The molecule has 0 spiro atoms. The van der Waals surface area contributed by atoms with E-state index in [1.165, 1.54) is 5.01 Å². The summed E-state index contributed by atoms with van der Waals surface area (Å²) in [6.45, 7) is 8.11. The summed E-state index contributed by atoms with van der Waals surface area (Å²) >= 11 is 1.71. The number of nitro groups is 1. The van der Waals surface area contributed by atoms with Crippen molar-refractivity contribution in [3.05, 3.63) is 31.9 Å². The SMILES string of the molecule is CCc1nc(CN2CCN(c3c([N+](=O)[O-])c(CC)nn3C)CC2)cs1. The Bertz CT molecular complexity index is 748. The van der Waals surface area contributed by atoms with Crippen molar-refractivity contribution in [3.63, 3.8) is 0 Å². The van der Waals surface area contributed by atoms with E-state index >= 15 is 0 Å². The third-order valence-corrected chi connectivity index (χ3v) is 5.58. The molecule has 0 saturated carbocycles. The molecule has 1 saturated heterocycles. The maximum absolute atomic E-state index is 11.5. The van der Waals surface area contributed by atoms with E-state index in [-0.39, 0.29) is 10.6 Å². The van der Waals surface area contributed by atoms with Crippen LogP contribution < -0.4 is 4.90 Å². The Morgan fingerprint density at radius 3 is 2.52 bits per heavy atom. The maximum Gasteiger partial charge on any atom is 0.334 e. The molecule has 0 bridgehead atoms. The highest BCUT2D eigenvalue weighted by molar-refractivity contribution is 7.09. The van der Waals surface area contributed by atoms with Crippen molar-refractivity contribution in [1.29, 1.82) is 0 Å². The topological polar surface area (TPSA) is 80.3 Å². The molecule has 3 heterocycles. The van der Waals surface area contributed by atoms with Crippen molar-refractivity contribution in [2.45, 2.75) is 33.2 Å². The van der Waals surface area contributed by atoms with Gasteiger partial charge in [-0.05, 0) is 12.8 Å². The first-order chi connectivity index (χ1) is 12.0. The highest BCUT2D eigenvalue weighted by Gasteiger charge is 2.31. The standard InChI is InChI=1S/C16H24N6O2S/c1-4-13-15(22(23)24)16(19(3)18-13)21-8-6-20(7-9-21)10-12-11-25-14(5-2)17-12/h11H,4-10H2,1-3H3. The van der Waals surface area contributed by atoms with Gasteiger partial charge in [-0.15, -0.1) is 11.3 Å². The highest BCUT2D eigenvalue weighted by Crippen LogP contribution is 2.32. The Morgan fingerprint density at radius 1 is 1.24 bits per heavy atom. The Morgan fingerprint density at radius 2 is 1.96 bits per heavy atom. The van der Waals surface area contributed by atoms with Gasteiger partial charge >= 0.3 is 5.69 Å². The van der Waals surface area contributed by atoms with Crippen LogP contribution in [0, 0.1) is 10.1 Å². The molecule has 2 aromatic heterocycles. The molecule has 1 aliphatic heterocycles. The fourth-order valence-corrected chi connectivity index (χ4v) is 4.00. The van der Waals surface area contributed by atoms with E-state index in [0.717, 1.165) is 44.8 Å². The maximum atomic E-state index is 11.5. The molecule has 1 fully saturated rings. The van der Waals surface area contributed by atoms with Crippen LogP contribution in [0.15, 0.2) is 5.38 Å². The van der Waals surface area contributed by atoms with Crippen molar-refractivity contribution in [2.24, 2.45) is 7.05 Å². The fourth-order valence-electron chi connectivity index (χ4n) is 3.27.